The smallest absolute Gasteiger partial charge is 0.410 e. The maximum atomic E-state index is 11.7. The van der Waals surface area contributed by atoms with Crippen LogP contribution in [0.3, 0.4) is 0 Å². The quantitative estimate of drug-likeness (QED) is 0.587. The average molecular weight is 322 g/mol. The van der Waals surface area contributed by atoms with Gasteiger partial charge in [0.2, 0.25) is 5.91 Å². The van der Waals surface area contributed by atoms with Crippen LogP contribution in [0.1, 0.15) is 12.7 Å². The zero-order valence-electron chi connectivity index (χ0n) is 13.4. The summed E-state index contributed by atoms with van der Waals surface area (Å²) < 4.78 is 4.77. The maximum Gasteiger partial charge on any atom is 0.410 e. The minimum absolute atomic E-state index is 0.0238. The molecule has 1 aromatic rings. The summed E-state index contributed by atoms with van der Waals surface area (Å²) in [5, 5.41) is 9.01. The maximum absolute atomic E-state index is 11.7. The third-order valence-electron chi connectivity index (χ3n) is 3.13. The fourth-order valence-corrected chi connectivity index (χ4v) is 2.12. The summed E-state index contributed by atoms with van der Waals surface area (Å²) in [5.74, 6) is 1.92. The van der Waals surface area contributed by atoms with E-state index in [4.69, 9.17) is 4.74 Å². The summed E-state index contributed by atoms with van der Waals surface area (Å²) in [4.78, 5) is 32.9. The van der Waals surface area contributed by atoms with Gasteiger partial charge in [-0.05, 0) is 13.8 Å². The van der Waals surface area contributed by atoms with Crippen molar-refractivity contribution in [3.63, 3.8) is 0 Å². The molecule has 126 valence electrons. The van der Waals surface area contributed by atoms with E-state index in [-0.39, 0.29) is 12.5 Å². The first kappa shape index (κ1) is 16.8. The van der Waals surface area contributed by atoms with Gasteiger partial charge < -0.3 is 20.7 Å². The Hall–Kier alpha value is -2.58. The largest absolute Gasteiger partial charge is 0.448 e. The fraction of sp³-hybridized carbons (Fsp3) is 0.571. The highest BCUT2D eigenvalue weighted by atomic mass is 16.6. The summed E-state index contributed by atoms with van der Waals surface area (Å²) in [6.45, 7) is 6.38. The molecule has 0 atom stereocenters. The van der Waals surface area contributed by atoms with Crippen LogP contribution in [0.5, 0.6) is 0 Å². The number of aromatic nitrogens is 2. The van der Waals surface area contributed by atoms with E-state index in [1.807, 2.05) is 19.9 Å². The first-order valence-electron chi connectivity index (χ1n) is 7.60. The van der Waals surface area contributed by atoms with Crippen LogP contribution in [0.2, 0.25) is 0 Å². The summed E-state index contributed by atoms with van der Waals surface area (Å²) >= 11 is 0. The predicted molar refractivity (Wildman–Crippen MR) is 85.4 cm³/mol. The van der Waals surface area contributed by atoms with E-state index in [1.54, 1.807) is 0 Å². The lowest BCUT2D eigenvalue weighted by molar-refractivity contribution is -0.121. The number of hydrogen-bond donors (Lipinski definition) is 3. The highest BCUT2D eigenvalue weighted by molar-refractivity contribution is 5.82. The van der Waals surface area contributed by atoms with Crippen LogP contribution in [0.25, 0.3) is 0 Å². The monoisotopic (exact) mass is 322 g/mol. The van der Waals surface area contributed by atoms with Crippen molar-refractivity contribution in [2.45, 2.75) is 13.8 Å². The molecule has 1 aliphatic heterocycles. The molecule has 0 radical (unpaired) electrons. The Kier molecular flexibility index (Phi) is 5.95. The molecule has 0 spiro atoms. The summed E-state index contributed by atoms with van der Waals surface area (Å²) in [6, 6.07) is 1.82. The Morgan fingerprint density at radius 2 is 2.04 bits per heavy atom. The van der Waals surface area contributed by atoms with E-state index in [1.165, 1.54) is 4.90 Å². The standard InChI is InChI=1S/C14H22N6O3/c1-3-15-11-8-12(19-10(2)18-11)16-4-5-17-13(21)9-20-6-7-23-14(20)22/h8H,3-7,9H2,1-2H3,(H,17,21)(H2,15,16,18,19). The van der Waals surface area contributed by atoms with Crippen molar-refractivity contribution in [3.8, 4) is 0 Å². The lowest BCUT2D eigenvalue weighted by atomic mass is 10.4. The molecule has 1 aliphatic rings. The fourth-order valence-electron chi connectivity index (χ4n) is 2.12. The van der Waals surface area contributed by atoms with E-state index < -0.39 is 6.09 Å². The molecular weight excluding hydrogens is 300 g/mol. The van der Waals surface area contributed by atoms with Crippen LogP contribution in [-0.4, -0.2) is 66.2 Å². The lowest BCUT2D eigenvalue weighted by Crippen LogP contribution is -2.39. The molecule has 0 saturated carbocycles. The SMILES string of the molecule is CCNc1cc(NCCNC(=O)CN2CCOC2=O)nc(C)n1. The third-order valence-corrected chi connectivity index (χ3v) is 3.13. The van der Waals surface area contributed by atoms with Crippen LogP contribution in [-0.2, 0) is 9.53 Å². The van der Waals surface area contributed by atoms with Gasteiger partial charge in [0.25, 0.3) is 0 Å². The minimum atomic E-state index is -0.439. The van der Waals surface area contributed by atoms with Crippen LogP contribution < -0.4 is 16.0 Å². The molecule has 1 aromatic heterocycles. The Balaban J connectivity index is 1.70. The Morgan fingerprint density at radius 3 is 2.70 bits per heavy atom. The molecule has 2 heterocycles. The molecule has 1 saturated heterocycles. The molecule has 23 heavy (non-hydrogen) atoms. The van der Waals surface area contributed by atoms with Crippen LogP contribution >= 0.6 is 0 Å². The van der Waals surface area contributed by atoms with Gasteiger partial charge in [-0.3, -0.25) is 9.69 Å². The van der Waals surface area contributed by atoms with Crippen molar-refractivity contribution >= 4 is 23.6 Å². The second kappa shape index (κ2) is 8.16. The highest BCUT2D eigenvalue weighted by Crippen LogP contribution is 2.10. The van der Waals surface area contributed by atoms with Gasteiger partial charge >= 0.3 is 6.09 Å². The zero-order valence-corrected chi connectivity index (χ0v) is 13.4. The Morgan fingerprint density at radius 1 is 1.30 bits per heavy atom. The first-order chi connectivity index (χ1) is 11.1. The molecule has 9 nitrogen and oxygen atoms in total. The van der Waals surface area contributed by atoms with Gasteiger partial charge in [-0.2, -0.15) is 0 Å². The third kappa shape index (κ3) is 5.28. The van der Waals surface area contributed by atoms with Gasteiger partial charge in [0, 0.05) is 25.7 Å². The molecule has 3 N–H and O–H groups in total. The van der Waals surface area contributed by atoms with Crippen molar-refractivity contribution in [3.05, 3.63) is 11.9 Å². The number of carbonyl (C=O) groups is 2. The van der Waals surface area contributed by atoms with E-state index in [0.29, 0.717) is 37.9 Å². The first-order valence-corrected chi connectivity index (χ1v) is 7.60. The van der Waals surface area contributed by atoms with Gasteiger partial charge in [0.05, 0.1) is 6.54 Å². The number of hydrogen-bond acceptors (Lipinski definition) is 7. The van der Waals surface area contributed by atoms with Crippen LogP contribution in [0.4, 0.5) is 16.4 Å². The summed E-state index contributed by atoms with van der Waals surface area (Å²) in [6.07, 6.45) is -0.439. The van der Waals surface area contributed by atoms with Crippen molar-refractivity contribution in [2.75, 3.05) is 50.0 Å². The van der Waals surface area contributed by atoms with Gasteiger partial charge in [0.15, 0.2) is 0 Å². The molecule has 0 unspecified atom stereocenters. The molecule has 2 rings (SSSR count). The van der Waals surface area contributed by atoms with Crippen molar-refractivity contribution in [1.82, 2.24) is 20.2 Å². The zero-order chi connectivity index (χ0) is 16.7. The van der Waals surface area contributed by atoms with E-state index in [0.717, 1.165) is 12.4 Å². The van der Waals surface area contributed by atoms with Crippen molar-refractivity contribution in [1.29, 1.82) is 0 Å². The van der Waals surface area contributed by atoms with Crippen molar-refractivity contribution < 1.29 is 14.3 Å². The molecular formula is C14H22N6O3. The number of rotatable bonds is 8. The molecule has 9 heteroatoms. The van der Waals surface area contributed by atoms with Crippen molar-refractivity contribution in [2.24, 2.45) is 0 Å². The molecule has 2 amide bonds. The predicted octanol–water partition coefficient (Wildman–Crippen LogP) is 0.197. The van der Waals surface area contributed by atoms with Gasteiger partial charge in [-0.1, -0.05) is 0 Å². The number of aryl methyl sites for hydroxylation is 1. The molecule has 0 aromatic carbocycles. The average Bonchev–Trinajstić information content (AvgIpc) is 2.89. The Labute approximate surface area is 134 Å². The lowest BCUT2D eigenvalue weighted by Gasteiger charge is -2.13. The Bertz CT molecular complexity index is 565. The van der Waals surface area contributed by atoms with Gasteiger partial charge in [0.1, 0.15) is 30.6 Å². The number of carbonyl (C=O) groups excluding carboxylic acids is 2. The van der Waals surface area contributed by atoms with E-state index in [9.17, 15) is 9.59 Å². The number of ether oxygens (including phenoxy) is 1. The number of amides is 2. The topological polar surface area (TPSA) is 108 Å². The highest BCUT2D eigenvalue weighted by Gasteiger charge is 2.23. The molecule has 0 bridgehead atoms. The van der Waals surface area contributed by atoms with Crippen LogP contribution in [0.15, 0.2) is 6.07 Å². The molecule has 1 fully saturated rings. The van der Waals surface area contributed by atoms with E-state index >= 15 is 0 Å². The number of anilines is 2. The number of cyclic esters (lactones) is 1. The van der Waals surface area contributed by atoms with E-state index in [2.05, 4.69) is 25.9 Å². The normalized spacial score (nSPS) is 13.7. The van der Waals surface area contributed by atoms with Crippen LogP contribution in [0, 0.1) is 6.92 Å². The molecule has 0 aliphatic carbocycles. The van der Waals surface area contributed by atoms with Gasteiger partial charge in [-0.25, -0.2) is 14.8 Å². The minimum Gasteiger partial charge on any atom is -0.448 e. The second-order valence-corrected chi connectivity index (χ2v) is 5.03. The second-order valence-electron chi connectivity index (χ2n) is 5.03. The summed E-state index contributed by atoms with van der Waals surface area (Å²) in [7, 11) is 0. The number of nitrogens with one attached hydrogen (secondary N) is 3. The van der Waals surface area contributed by atoms with Gasteiger partial charge in [-0.15, -0.1) is 0 Å². The number of nitrogens with zero attached hydrogens (tertiary/aromatic N) is 3. The summed E-state index contributed by atoms with van der Waals surface area (Å²) in [5.41, 5.74) is 0.